The van der Waals surface area contributed by atoms with Crippen molar-refractivity contribution in [1.82, 2.24) is 9.88 Å². The van der Waals surface area contributed by atoms with Gasteiger partial charge in [-0.2, -0.15) is 0 Å². The smallest absolute Gasteiger partial charge is 0.230 e. The number of anilines is 2. The van der Waals surface area contributed by atoms with Crippen molar-refractivity contribution in [2.24, 2.45) is 0 Å². The third-order valence-corrected chi connectivity index (χ3v) is 6.27. The molecule has 0 unspecified atom stereocenters. The molecule has 29 heavy (non-hydrogen) atoms. The molecule has 1 saturated heterocycles. The highest BCUT2D eigenvalue weighted by atomic mass is 35.5. The van der Waals surface area contributed by atoms with Crippen LogP contribution in [0.5, 0.6) is 0 Å². The number of nitrogens with zero attached hydrogens (tertiary/aromatic N) is 3. The molecule has 1 fully saturated rings. The lowest BCUT2D eigenvalue weighted by molar-refractivity contribution is -0.115. The van der Waals surface area contributed by atoms with Gasteiger partial charge in [0.2, 0.25) is 5.91 Å². The minimum atomic E-state index is -0.0756. The molecule has 0 bridgehead atoms. The summed E-state index contributed by atoms with van der Waals surface area (Å²) in [5.41, 5.74) is 3.64. The zero-order chi connectivity index (χ0) is 20.2. The monoisotopic (exact) mass is 426 g/mol. The number of carbonyl (C=O) groups excluding carboxylic acids is 1. The summed E-state index contributed by atoms with van der Waals surface area (Å²) in [6.45, 7) is 4.20. The van der Waals surface area contributed by atoms with Gasteiger partial charge in [-0.3, -0.25) is 4.79 Å². The third kappa shape index (κ3) is 4.96. The Morgan fingerprint density at radius 3 is 2.55 bits per heavy atom. The van der Waals surface area contributed by atoms with Gasteiger partial charge in [0.15, 0.2) is 0 Å². The number of rotatable bonds is 5. The van der Waals surface area contributed by atoms with Crippen LogP contribution >= 0.6 is 22.9 Å². The van der Waals surface area contributed by atoms with E-state index in [4.69, 9.17) is 11.6 Å². The quantitative estimate of drug-likeness (QED) is 0.657. The van der Waals surface area contributed by atoms with E-state index in [9.17, 15) is 4.79 Å². The van der Waals surface area contributed by atoms with E-state index in [0.717, 1.165) is 48.1 Å². The number of thiazole rings is 1. The second-order valence-corrected chi connectivity index (χ2v) is 8.45. The lowest BCUT2D eigenvalue weighted by Crippen LogP contribution is -2.44. The first-order valence-corrected chi connectivity index (χ1v) is 10.9. The molecule has 0 radical (unpaired) electrons. The molecule has 1 amide bonds. The van der Waals surface area contributed by atoms with Gasteiger partial charge < -0.3 is 15.1 Å². The second-order valence-electron chi connectivity index (χ2n) is 7.19. The van der Waals surface area contributed by atoms with Crippen molar-refractivity contribution in [3.8, 4) is 10.6 Å². The lowest BCUT2D eigenvalue weighted by Gasteiger charge is -2.34. The molecule has 5 nitrogen and oxygen atoms in total. The second kappa shape index (κ2) is 8.95. The summed E-state index contributed by atoms with van der Waals surface area (Å²) in [6.07, 6.45) is 0.237. The van der Waals surface area contributed by atoms with E-state index in [1.807, 2.05) is 41.8 Å². The Kier molecular flexibility index (Phi) is 6.13. The van der Waals surface area contributed by atoms with Crippen molar-refractivity contribution in [2.45, 2.75) is 6.42 Å². The number of hydrogen-bond acceptors (Lipinski definition) is 5. The zero-order valence-electron chi connectivity index (χ0n) is 16.3. The molecule has 0 atom stereocenters. The fraction of sp³-hybridized carbons (Fsp3) is 0.273. The molecular weight excluding hydrogens is 404 g/mol. The van der Waals surface area contributed by atoms with Gasteiger partial charge in [-0.15, -0.1) is 11.3 Å². The molecule has 4 rings (SSSR count). The Hall–Kier alpha value is -2.41. The number of carbonyl (C=O) groups is 1. The molecule has 1 aliphatic heterocycles. The van der Waals surface area contributed by atoms with Crippen LogP contribution in [0.2, 0.25) is 5.02 Å². The number of hydrogen-bond donors (Lipinski definition) is 1. The van der Waals surface area contributed by atoms with Gasteiger partial charge in [0, 0.05) is 48.5 Å². The third-order valence-electron chi connectivity index (χ3n) is 5.02. The fourth-order valence-electron chi connectivity index (χ4n) is 3.34. The summed E-state index contributed by atoms with van der Waals surface area (Å²) in [6, 6.07) is 15.7. The number of aromatic nitrogens is 1. The van der Waals surface area contributed by atoms with Gasteiger partial charge in [0.1, 0.15) is 5.01 Å². The summed E-state index contributed by atoms with van der Waals surface area (Å²) in [5.74, 6) is -0.0756. The molecule has 150 valence electrons. The van der Waals surface area contributed by atoms with Crippen molar-refractivity contribution in [2.75, 3.05) is 43.4 Å². The van der Waals surface area contributed by atoms with Crippen molar-refractivity contribution >= 4 is 40.2 Å². The first-order chi connectivity index (χ1) is 14.1. The van der Waals surface area contributed by atoms with Crippen molar-refractivity contribution < 1.29 is 4.79 Å². The fourth-order valence-corrected chi connectivity index (χ4v) is 4.48. The number of nitrogens with one attached hydrogen (secondary N) is 1. The van der Waals surface area contributed by atoms with E-state index in [1.165, 1.54) is 17.0 Å². The average Bonchev–Trinajstić information content (AvgIpc) is 3.17. The molecule has 3 aromatic rings. The van der Waals surface area contributed by atoms with E-state index in [2.05, 4.69) is 39.3 Å². The van der Waals surface area contributed by atoms with Crippen LogP contribution in [0.1, 0.15) is 5.69 Å². The van der Waals surface area contributed by atoms with Gasteiger partial charge in [-0.25, -0.2) is 4.98 Å². The molecule has 1 aliphatic rings. The summed E-state index contributed by atoms with van der Waals surface area (Å²) >= 11 is 7.74. The van der Waals surface area contributed by atoms with Crippen molar-refractivity contribution in [3.63, 3.8) is 0 Å². The standard InChI is InChI=1S/C22H23ClN4OS/c1-26-10-12-27(13-11-26)18-8-6-16(7-9-18)24-21(28)14-17-15-29-22(25-17)19-4-2-3-5-20(19)23/h2-9,15H,10-14H2,1H3,(H,24,28). The van der Waals surface area contributed by atoms with Crippen LogP contribution in [0.3, 0.4) is 0 Å². The maximum Gasteiger partial charge on any atom is 0.230 e. The van der Waals surface area contributed by atoms with Crippen LogP contribution in [-0.4, -0.2) is 49.0 Å². The number of halogens is 1. The predicted molar refractivity (Wildman–Crippen MR) is 121 cm³/mol. The Bertz CT molecular complexity index is 980. The number of amides is 1. The average molecular weight is 427 g/mol. The summed E-state index contributed by atoms with van der Waals surface area (Å²) in [4.78, 5) is 21.7. The van der Waals surface area contributed by atoms with Gasteiger partial charge in [-0.1, -0.05) is 29.8 Å². The van der Waals surface area contributed by atoms with Crippen LogP contribution in [-0.2, 0) is 11.2 Å². The molecule has 1 N–H and O–H groups in total. The predicted octanol–water partition coefficient (Wildman–Crippen LogP) is 4.40. The summed E-state index contributed by atoms with van der Waals surface area (Å²) < 4.78 is 0. The minimum Gasteiger partial charge on any atom is -0.369 e. The number of benzene rings is 2. The number of piperazine rings is 1. The van der Waals surface area contributed by atoms with E-state index in [0.29, 0.717) is 5.02 Å². The lowest BCUT2D eigenvalue weighted by atomic mass is 10.2. The topological polar surface area (TPSA) is 48.5 Å². The maximum atomic E-state index is 12.4. The molecule has 0 saturated carbocycles. The SMILES string of the molecule is CN1CCN(c2ccc(NC(=O)Cc3csc(-c4ccccc4Cl)n3)cc2)CC1. The molecule has 2 heterocycles. The van der Waals surface area contributed by atoms with Crippen molar-refractivity contribution in [1.29, 1.82) is 0 Å². The van der Waals surface area contributed by atoms with Crippen LogP contribution < -0.4 is 10.2 Å². The normalized spacial score (nSPS) is 14.8. The van der Waals surface area contributed by atoms with Crippen LogP contribution in [0.15, 0.2) is 53.9 Å². The minimum absolute atomic E-state index is 0.0756. The van der Waals surface area contributed by atoms with Crippen molar-refractivity contribution in [3.05, 3.63) is 64.6 Å². The zero-order valence-corrected chi connectivity index (χ0v) is 17.8. The van der Waals surface area contributed by atoms with Gasteiger partial charge >= 0.3 is 0 Å². The summed E-state index contributed by atoms with van der Waals surface area (Å²) in [5, 5.41) is 6.37. The molecule has 2 aromatic carbocycles. The van der Waals surface area contributed by atoms with Crippen LogP contribution in [0.25, 0.3) is 10.6 Å². The number of likely N-dealkylation sites (N-methyl/N-ethyl adjacent to an activating group) is 1. The van der Waals surface area contributed by atoms with Gasteiger partial charge in [0.25, 0.3) is 0 Å². The van der Waals surface area contributed by atoms with E-state index >= 15 is 0 Å². The Balaban J connectivity index is 1.35. The molecule has 0 spiro atoms. The van der Waals surface area contributed by atoms with Crippen LogP contribution in [0, 0.1) is 0 Å². The van der Waals surface area contributed by atoms with E-state index in [1.54, 1.807) is 0 Å². The first kappa shape index (κ1) is 19.9. The van der Waals surface area contributed by atoms with Gasteiger partial charge in [0.05, 0.1) is 17.1 Å². The highest BCUT2D eigenvalue weighted by Crippen LogP contribution is 2.30. The highest BCUT2D eigenvalue weighted by Gasteiger charge is 2.15. The largest absolute Gasteiger partial charge is 0.369 e. The van der Waals surface area contributed by atoms with Gasteiger partial charge in [-0.05, 0) is 37.4 Å². The van der Waals surface area contributed by atoms with E-state index < -0.39 is 0 Å². The highest BCUT2D eigenvalue weighted by molar-refractivity contribution is 7.13. The molecule has 0 aliphatic carbocycles. The summed E-state index contributed by atoms with van der Waals surface area (Å²) in [7, 11) is 2.15. The molecule has 1 aromatic heterocycles. The molecule has 7 heteroatoms. The Morgan fingerprint density at radius 1 is 1.10 bits per heavy atom. The Labute approximate surface area is 179 Å². The van der Waals surface area contributed by atoms with Crippen LogP contribution in [0.4, 0.5) is 11.4 Å². The molecular formula is C22H23ClN4OS. The Morgan fingerprint density at radius 2 is 1.83 bits per heavy atom. The maximum absolute atomic E-state index is 12.4. The first-order valence-electron chi connectivity index (χ1n) is 9.61. The van der Waals surface area contributed by atoms with E-state index in [-0.39, 0.29) is 12.3 Å².